The van der Waals surface area contributed by atoms with Gasteiger partial charge in [-0.15, -0.1) is 10.2 Å². The van der Waals surface area contributed by atoms with Gasteiger partial charge in [0, 0.05) is 19.8 Å². The highest BCUT2D eigenvalue weighted by Gasteiger charge is 2.00. The first-order valence-electron chi connectivity index (χ1n) is 4.75. The van der Waals surface area contributed by atoms with Gasteiger partial charge in [0.05, 0.1) is 6.20 Å². The summed E-state index contributed by atoms with van der Waals surface area (Å²) >= 11 is 1.57. The molecular formula is C9H13N5S. The van der Waals surface area contributed by atoms with Gasteiger partial charge in [-0.1, -0.05) is 11.3 Å². The van der Waals surface area contributed by atoms with E-state index in [1.807, 2.05) is 31.0 Å². The van der Waals surface area contributed by atoms with Gasteiger partial charge in [-0.2, -0.15) is 5.10 Å². The van der Waals surface area contributed by atoms with Gasteiger partial charge in [0.2, 0.25) is 5.13 Å². The molecule has 0 aliphatic heterocycles. The first kappa shape index (κ1) is 10.1. The Morgan fingerprint density at radius 2 is 2.33 bits per heavy atom. The molecule has 0 fully saturated rings. The second-order valence-corrected chi connectivity index (χ2v) is 4.51. The third-order valence-corrected chi connectivity index (χ3v) is 2.77. The van der Waals surface area contributed by atoms with Crippen molar-refractivity contribution in [2.75, 3.05) is 11.9 Å². The van der Waals surface area contributed by atoms with Crippen molar-refractivity contribution in [1.29, 1.82) is 0 Å². The summed E-state index contributed by atoms with van der Waals surface area (Å²) in [5.74, 6) is 0. The molecule has 0 atom stereocenters. The summed E-state index contributed by atoms with van der Waals surface area (Å²) in [6, 6.07) is 0. The average molecular weight is 223 g/mol. The smallest absolute Gasteiger partial charge is 0.205 e. The fourth-order valence-corrected chi connectivity index (χ4v) is 1.90. The number of aromatic nitrogens is 4. The molecule has 0 aliphatic carbocycles. The summed E-state index contributed by atoms with van der Waals surface area (Å²) in [7, 11) is 1.92. The highest BCUT2D eigenvalue weighted by Crippen LogP contribution is 2.13. The highest BCUT2D eigenvalue weighted by molar-refractivity contribution is 7.15. The number of hydrogen-bond donors (Lipinski definition) is 1. The van der Waals surface area contributed by atoms with Crippen molar-refractivity contribution in [3.8, 4) is 0 Å². The molecule has 5 nitrogen and oxygen atoms in total. The molecule has 0 spiro atoms. The van der Waals surface area contributed by atoms with Gasteiger partial charge in [0.25, 0.3) is 0 Å². The van der Waals surface area contributed by atoms with Crippen molar-refractivity contribution < 1.29 is 0 Å². The van der Waals surface area contributed by atoms with E-state index < -0.39 is 0 Å². The Kier molecular flexibility index (Phi) is 2.96. The molecule has 0 bridgehead atoms. The number of anilines is 1. The van der Waals surface area contributed by atoms with Crippen LogP contribution in [0, 0.1) is 6.92 Å². The lowest BCUT2D eigenvalue weighted by Crippen LogP contribution is -2.03. The largest absolute Gasteiger partial charge is 0.360 e. The van der Waals surface area contributed by atoms with Gasteiger partial charge < -0.3 is 5.32 Å². The summed E-state index contributed by atoms with van der Waals surface area (Å²) in [5, 5.41) is 17.1. The maximum atomic E-state index is 4.11. The van der Waals surface area contributed by atoms with E-state index >= 15 is 0 Å². The summed E-state index contributed by atoms with van der Waals surface area (Å²) in [6.45, 7) is 2.81. The SMILES string of the molecule is Cc1nnc(NCCc2cnn(C)c2)s1. The molecule has 2 aromatic heterocycles. The zero-order chi connectivity index (χ0) is 10.7. The van der Waals surface area contributed by atoms with Crippen LogP contribution in [-0.4, -0.2) is 26.5 Å². The number of rotatable bonds is 4. The summed E-state index contributed by atoms with van der Waals surface area (Å²) < 4.78 is 1.81. The second kappa shape index (κ2) is 4.39. The van der Waals surface area contributed by atoms with Crippen molar-refractivity contribution in [3.05, 3.63) is 23.0 Å². The Bertz CT molecular complexity index is 393. The molecule has 0 aliphatic rings. The van der Waals surface area contributed by atoms with E-state index in [2.05, 4.69) is 20.6 Å². The highest BCUT2D eigenvalue weighted by atomic mass is 32.1. The Balaban J connectivity index is 1.80. The molecular weight excluding hydrogens is 210 g/mol. The zero-order valence-corrected chi connectivity index (χ0v) is 9.58. The minimum absolute atomic E-state index is 0.861. The monoisotopic (exact) mass is 223 g/mol. The van der Waals surface area contributed by atoms with Crippen LogP contribution in [0.5, 0.6) is 0 Å². The third kappa shape index (κ3) is 2.76. The molecule has 6 heteroatoms. The van der Waals surface area contributed by atoms with Gasteiger partial charge in [-0.3, -0.25) is 4.68 Å². The Labute approximate surface area is 92.2 Å². The molecule has 2 rings (SSSR count). The van der Waals surface area contributed by atoms with E-state index in [0.717, 1.165) is 23.1 Å². The number of aryl methyl sites for hydroxylation is 2. The van der Waals surface area contributed by atoms with Crippen molar-refractivity contribution >= 4 is 16.5 Å². The molecule has 80 valence electrons. The van der Waals surface area contributed by atoms with E-state index in [0.29, 0.717) is 0 Å². The normalized spacial score (nSPS) is 10.5. The molecule has 0 saturated carbocycles. The predicted octanol–water partition coefficient (Wildman–Crippen LogP) is 1.23. The van der Waals surface area contributed by atoms with Crippen LogP contribution < -0.4 is 5.32 Å². The van der Waals surface area contributed by atoms with Crippen LogP contribution >= 0.6 is 11.3 Å². The van der Waals surface area contributed by atoms with E-state index in [1.165, 1.54) is 5.56 Å². The minimum atomic E-state index is 0.861. The topological polar surface area (TPSA) is 55.6 Å². The second-order valence-electron chi connectivity index (χ2n) is 3.33. The summed E-state index contributed by atoms with van der Waals surface area (Å²) in [4.78, 5) is 0. The Morgan fingerprint density at radius 1 is 1.47 bits per heavy atom. The van der Waals surface area contributed by atoms with Gasteiger partial charge in [-0.05, 0) is 18.9 Å². The fourth-order valence-electron chi connectivity index (χ4n) is 1.28. The van der Waals surface area contributed by atoms with Crippen LogP contribution in [0.4, 0.5) is 5.13 Å². The molecule has 2 aromatic rings. The first-order chi connectivity index (χ1) is 7.24. The third-order valence-electron chi connectivity index (χ3n) is 1.97. The molecule has 15 heavy (non-hydrogen) atoms. The van der Waals surface area contributed by atoms with E-state index in [1.54, 1.807) is 11.3 Å². The maximum absolute atomic E-state index is 4.11. The summed E-state index contributed by atoms with van der Waals surface area (Å²) in [5.41, 5.74) is 1.23. The van der Waals surface area contributed by atoms with Crippen molar-refractivity contribution in [1.82, 2.24) is 20.0 Å². The van der Waals surface area contributed by atoms with Crippen LogP contribution in [0.1, 0.15) is 10.6 Å². The van der Waals surface area contributed by atoms with Crippen molar-refractivity contribution in [2.45, 2.75) is 13.3 Å². The molecule has 1 N–H and O–H groups in total. The van der Waals surface area contributed by atoms with E-state index in [-0.39, 0.29) is 0 Å². The Hall–Kier alpha value is -1.43. The zero-order valence-electron chi connectivity index (χ0n) is 8.77. The van der Waals surface area contributed by atoms with Crippen molar-refractivity contribution in [2.24, 2.45) is 7.05 Å². The number of nitrogens with one attached hydrogen (secondary N) is 1. The van der Waals surface area contributed by atoms with Crippen LogP contribution in [0.25, 0.3) is 0 Å². The Morgan fingerprint density at radius 3 is 2.93 bits per heavy atom. The number of hydrogen-bond acceptors (Lipinski definition) is 5. The van der Waals surface area contributed by atoms with Crippen molar-refractivity contribution in [3.63, 3.8) is 0 Å². The standard InChI is InChI=1S/C9H13N5S/c1-7-12-13-9(15-7)10-4-3-8-5-11-14(2)6-8/h5-6H,3-4H2,1-2H3,(H,10,13). The molecule has 0 aromatic carbocycles. The number of nitrogens with zero attached hydrogens (tertiary/aromatic N) is 4. The fraction of sp³-hybridized carbons (Fsp3) is 0.444. The van der Waals surface area contributed by atoms with Crippen LogP contribution in [-0.2, 0) is 13.5 Å². The van der Waals surface area contributed by atoms with Crippen LogP contribution in [0.2, 0.25) is 0 Å². The molecule has 0 amide bonds. The molecule has 0 saturated heterocycles. The molecule has 2 heterocycles. The van der Waals surface area contributed by atoms with E-state index in [4.69, 9.17) is 0 Å². The molecule has 0 unspecified atom stereocenters. The van der Waals surface area contributed by atoms with Crippen LogP contribution in [0.3, 0.4) is 0 Å². The lowest BCUT2D eigenvalue weighted by molar-refractivity contribution is 0.767. The van der Waals surface area contributed by atoms with E-state index in [9.17, 15) is 0 Å². The van der Waals surface area contributed by atoms with Gasteiger partial charge >= 0.3 is 0 Å². The maximum Gasteiger partial charge on any atom is 0.205 e. The predicted molar refractivity (Wildman–Crippen MR) is 60.0 cm³/mol. The van der Waals surface area contributed by atoms with Gasteiger partial charge in [-0.25, -0.2) is 0 Å². The van der Waals surface area contributed by atoms with Gasteiger partial charge in [0.15, 0.2) is 0 Å². The first-order valence-corrected chi connectivity index (χ1v) is 5.57. The lowest BCUT2D eigenvalue weighted by atomic mass is 10.2. The minimum Gasteiger partial charge on any atom is -0.360 e. The average Bonchev–Trinajstić information content (AvgIpc) is 2.76. The lowest BCUT2D eigenvalue weighted by Gasteiger charge is -1.98. The van der Waals surface area contributed by atoms with Crippen LogP contribution in [0.15, 0.2) is 12.4 Å². The quantitative estimate of drug-likeness (QED) is 0.847. The molecule has 0 radical (unpaired) electrons. The summed E-state index contributed by atoms with van der Waals surface area (Å²) in [6.07, 6.45) is 4.85. The van der Waals surface area contributed by atoms with Gasteiger partial charge in [0.1, 0.15) is 5.01 Å².